The quantitative estimate of drug-likeness (QED) is 0.136. The predicted octanol–water partition coefficient (Wildman–Crippen LogP) is 22.0. The van der Waals surface area contributed by atoms with Crippen LogP contribution in [0, 0.1) is 187 Å². The van der Waals surface area contributed by atoms with Gasteiger partial charge in [0.15, 0.2) is 39.4 Å². The van der Waals surface area contributed by atoms with Crippen LogP contribution in [-0.4, -0.2) is 137 Å². The van der Waals surface area contributed by atoms with Crippen molar-refractivity contribution in [1.29, 1.82) is 0 Å². The van der Waals surface area contributed by atoms with Gasteiger partial charge in [0, 0.05) is 64.8 Å². The van der Waals surface area contributed by atoms with Gasteiger partial charge in [-0.05, 0) is 343 Å². The van der Waals surface area contributed by atoms with Crippen LogP contribution in [0.5, 0.6) is 0 Å². The van der Waals surface area contributed by atoms with Gasteiger partial charge in [-0.1, -0.05) is 5.21 Å². The van der Waals surface area contributed by atoms with Crippen LogP contribution in [0.4, 0.5) is 0 Å². The summed E-state index contributed by atoms with van der Waals surface area (Å²) in [5.41, 5.74) is 34.6. The Morgan fingerprint density at radius 2 is 0.618 bits per heavy atom. The topological polar surface area (TPSA) is 297 Å². The number of pyridine rings is 2. The smallest absolute Gasteiger partial charge is 0.197 e. The van der Waals surface area contributed by atoms with Gasteiger partial charge in [0.25, 0.3) is 0 Å². The summed E-state index contributed by atoms with van der Waals surface area (Å²) in [6, 6.07) is 5.20. The van der Waals surface area contributed by atoms with Gasteiger partial charge in [0.1, 0.15) is 74.6 Å². The number of aromatic nitrogens is 28. The Labute approximate surface area is 728 Å². The van der Waals surface area contributed by atoms with Crippen molar-refractivity contribution in [2.24, 2.45) is 0 Å². The van der Waals surface area contributed by atoms with E-state index in [-0.39, 0.29) is 6.04 Å². The predicted molar refractivity (Wildman–Crippen MR) is 502 cm³/mol. The Hall–Kier alpha value is -11.3. The average Bonchev–Trinajstić information content (AvgIpc) is 1.62. The molecule has 0 fully saturated rings. The second-order valence-corrected chi connectivity index (χ2v) is 35.3. The highest BCUT2D eigenvalue weighted by molar-refractivity contribution is 5.87. The van der Waals surface area contributed by atoms with Crippen LogP contribution >= 0.6 is 0 Å². The lowest BCUT2D eigenvalue weighted by atomic mass is 9.97. The molecule has 0 aliphatic heterocycles. The number of fused-ring (bicyclic) bond motifs is 8. The third-order valence-electron chi connectivity index (χ3n) is 23.0. The lowest BCUT2D eigenvalue weighted by Crippen LogP contribution is -2.05. The summed E-state index contributed by atoms with van der Waals surface area (Å²) in [6.07, 6.45) is 0. The summed E-state index contributed by atoms with van der Waals surface area (Å²) in [5, 5.41) is 14.9. The normalized spacial score (nSPS) is 11.6. The van der Waals surface area contributed by atoms with Crippen molar-refractivity contribution in [1.82, 2.24) is 137 Å². The Morgan fingerprint density at radius 1 is 0.228 bits per heavy atom. The van der Waals surface area contributed by atoms with E-state index in [0.29, 0.717) is 42.3 Å². The van der Waals surface area contributed by atoms with E-state index in [1.165, 1.54) is 66.6 Å². The second-order valence-electron chi connectivity index (χ2n) is 35.3. The molecule has 28 nitrogen and oxygen atoms in total. The molecule has 0 aliphatic carbocycles. The molecule has 15 heterocycles. The third kappa shape index (κ3) is 19.7. The first-order valence-electron chi connectivity index (χ1n) is 43.4. The van der Waals surface area contributed by atoms with Gasteiger partial charge < -0.3 is 27.4 Å². The molecule has 16 rings (SSSR count). The maximum atomic E-state index is 4.76. The summed E-state index contributed by atoms with van der Waals surface area (Å²) >= 11 is 0. The van der Waals surface area contributed by atoms with E-state index in [2.05, 4.69) is 322 Å². The molecule has 0 aliphatic rings. The molecule has 658 valence electrons. The van der Waals surface area contributed by atoms with Crippen LogP contribution in [0.2, 0.25) is 0 Å². The van der Waals surface area contributed by atoms with Crippen molar-refractivity contribution in [3.63, 3.8) is 0 Å². The Bertz CT molecular complexity index is 6450. The maximum absolute atomic E-state index is 4.76. The van der Waals surface area contributed by atoms with Crippen molar-refractivity contribution >= 4 is 88.9 Å². The number of imidazole rings is 5. The zero-order chi connectivity index (χ0) is 91.9. The van der Waals surface area contributed by atoms with Gasteiger partial charge in [-0.25, -0.2) is 89.1 Å². The minimum Gasteiger partial charge on any atom is -0.327 e. The summed E-state index contributed by atoms with van der Waals surface area (Å²) in [4.78, 5) is 76.3. The van der Waals surface area contributed by atoms with E-state index in [9.17, 15) is 0 Å². The molecule has 1 aromatic carbocycles. The zero-order valence-corrected chi connectivity index (χ0v) is 82.2. The minimum atomic E-state index is 0.272. The number of hydrogen-bond acceptors (Lipinski definition) is 20. The second kappa shape index (κ2) is 38.2. The largest absolute Gasteiger partial charge is 0.327 e. The van der Waals surface area contributed by atoms with E-state index in [1.807, 2.05) is 113 Å². The Balaban J connectivity index is 0.000000160. The third-order valence-corrected chi connectivity index (χ3v) is 23.0. The molecule has 0 saturated heterocycles. The van der Waals surface area contributed by atoms with Crippen LogP contribution in [0.25, 0.3) is 88.9 Å². The highest BCUT2D eigenvalue weighted by Gasteiger charge is 2.24. The lowest BCUT2D eigenvalue weighted by molar-refractivity contribution is 0.526. The van der Waals surface area contributed by atoms with Gasteiger partial charge in [-0.2, -0.15) is 5.10 Å². The Morgan fingerprint density at radius 3 is 1.15 bits per heavy atom. The van der Waals surface area contributed by atoms with Gasteiger partial charge >= 0.3 is 0 Å². The van der Waals surface area contributed by atoms with Crippen LogP contribution < -0.4 is 0 Å². The van der Waals surface area contributed by atoms with E-state index in [1.54, 1.807) is 0 Å². The van der Waals surface area contributed by atoms with Crippen LogP contribution in [0.15, 0.2) is 6.07 Å². The SMILES string of the molecule is Cc1c(C)c(C)c2c(nc(C)n2C(C)C)c1C.Cc1cc2c(nc(C)n2C(C)C)c(C)n1.Cc1nc(C)c2c(C)c(C)n(C(C)C)c2n1.Cc1nc(C)c2c(C)nn(C(C)C)c2n1.Cc1nc(C)c2nc(C)n(C(C)C)c2n1.Cc1nc(C)c2nnn(C(C)C)c2n1.Cc1nc2c(nc(C)n2C(C)C)c(C)c1C.Cc1nc2nc(C)n(C(C)C)c2nc1C. The first kappa shape index (κ1) is 95.5. The summed E-state index contributed by atoms with van der Waals surface area (Å²) < 4.78 is 17.2. The molecule has 0 saturated carbocycles. The van der Waals surface area contributed by atoms with E-state index in [4.69, 9.17) is 4.98 Å². The molecule has 15 aromatic heterocycles. The highest BCUT2D eigenvalue weighted by Crippen LogP contribution is 2.34. The molecule has 0 N–H and O–H groups in total. The fraction of sp³-hybridized carbons (Fsp3) is 0.537. The molecular formula is C95H138N28. The molecule has 0 spiro atoms. The maximum Gasteiger partial charge on any atom is 0.197 e. The summed E-state index contributed by atoms with van der Waals surface area (Å²) in [7, 11) is 0. The number of aryl methyl sites for hydroxylation is 23. The summed E-state index contributed by atoms with van der Waals surface area (Å²) in [5.74, 6) is 8.44. The molecule has 0 bridgehead atoms. The van der Waals surface area contributed by atoms with E-state index < -0.39 is 0 Å². The lowest BCUT2D eigenvalue weighted by Gasteiger charge is -2.15. The minimum absolute atomic E-state index is 0.272. The Kier molecular flexibility index (Phi) is 29.7. The molecule has 0 amide bonds. The molecule has 0 unspecified atom stereocenters. The van der Waals surface area contributed by atoms with Crippen molar-refractivity contribution in [3.8, 4) is 0 Å². The van der Waals surface area contributed by atoms with Crippen LogP contribution in [0.1, 0.15) is 313 Å². The molecule has 0 radical (unpaired) electrons. The number of nitrogens with zero attached hydrogens (tertiary/aromatic N) is 28. The fourth-order valence-corrected chi connectivity index (χ4v) is 16.7. The number of benzene rings is 1. The zero-order valence-electron chi connectivity index (χ0n) is 82.2. The fourth-order valence-electron chi connectivity index (χ4n) is 16.7. The van der Waals surface area contributed by atoms with Gasteiger partial charge in [0.2, 0.25) is 0 Å². The van der Waals surface area contributed by atoms with Gasteiger partial charge in [-0.3, -0.25) is 4.98 Å². The van der Waals surface area contributed by atoms with Gasteiger partial charge in [0.05, 0.1) is 73.5 Å². The van der Waals surface area contributed by atoms with Crippen molar-refractivity contribution < 1.29 is 0 Å². The average molecular weight is 1670 g/mol. The highest BCUT2D eigenvalue weighted by atomic mass is 15.5. The molecule has 0 atom stereocenters. The number of rotatable bonds is 8. The molecule has 123 heavy (non-hydrogen) atoms. The van der Waals surface area contributed by atoms with Crippen LogP contribution in [-0.2, 0) is 0 Å². The molecular weight excluding hydrogens is 1530 g/mol. The van der Waals surface area contributed by atoms with Crippen molar-refractivity contribution in [3.05, 3.63) is 160 Å². The van der Waals surface area contributed by atoms with E-state index in [0.717, 1.165) is 176 Å². The molecule has 16 aromatic rings. The monoisotopic (exact) mass is 1670 g/mol. The summed E-state index contributed by atoms with van der Waals surface area (Å²) in [6.45, 7) is 89.7. The first-order valence-corrected chi connectivity index (χ1v) is 43.4. The molecule has 28 heteroatoms. The van der Waals surface area contributed by atoms with Crippen molar-refractivity contribution in [2.45, 2.75) is 346 Å². The first-order chi connectivity index (χ1) is 57.3. The van der Waals surface area contributed by atoms with Crippen LogP contribution in [0.3, 0.4) is 0 Å². The van der Waals surface area contributed by atoms with E-state index >= 15 is 0 Å². The van der Waals surface area contributed by atoms with Crippen molar-refractivity contribution in [2.75, 3.05) is 0 Å². The number of hydrogen-bond donors (Lipinski definition) is 0. The van der Waals surface area contributed by atoms with Gasteiger partial charge in [-0.15, -0.1) is 5.10 Å². The standard InChI is InChI=1S/C15H22N2.2C13H19N3.C12H17N3.3C11H16N4.C9H13N5/c1-8(2)17-13(7)16-14-11(5)9(3)10(4)12(6)15(14)17;1-7(2)16-10(5)8(3)12-9(4)14-11(6)15-13(12)16;1-7(2)16-11(6)15-12-9(4)8(3)10(5)14-13(12)16;1-7(2)15-10(5)14-12-9(4)13-8(3)6-11(12)15;1-6(2)15-9(5)14-10-7(3)12-8(4)13-11(10)15;1-6(2)15-11-10(8(4)14-15)7(3)12-9(5)13-11;1-6(2)15-9(5)14-10-11(15)13-8(4)7(3)12-10;1-5(2)14-9-8(12-13-14)6(3)10-7(4)11-9/h8H,1-7H3;2*7H,1-6H3;6-7H,1-5H3;3*6H,1-5H3;5H,1-4H3.